The molecule has 0 saturated carbocycles. The second-order valence-corrected chi connectivity index (χ2v) is 19.2. The minimum absolute atomic E-state index is 0.0789. The van der Waals surface area contributed by atoms with Gasteiger partial charge in [0.15, 0.2) is 6.10 Å². The molecule has 1 unspecified atom stereocenters. The number of hydrogen-bond acceptors (Lipinski definition) is 6. The highest BCUT2D eigenvalue weighted by Crippen LogP contribution is 2.15. The summed E-state index contributed by atoms with van der Waals surface area (Å²) in [6.07, 6.45) is 77.1. The van der Waals surface area contributed by atoms with Crippen LogP contribution < -0.4 is 0 Å². The lowest BCUT2D eigenvalue weighted by molar-refractivity contribution is -0.167. The Hall–Kier alpha value is -3.67. The summed E-state index contributed by atoms with van der Waals surface area (Å²) in [5, 5.41) is 0. The minimum Gasteiger partial charge on any atom is -0.462 e. The van der Waals surface area contributed by atoms with E-state index in [4.69, 9.17) is 14.2 Å². The number of rotatable bonds is 52. The van der Waals surface area contributed by atoms with Crippen LogP contribution in [-0.2, 0) is 28.6 Å². The topological polar surface area (TPSA) is 78.9 Å². The molecular formula is C64H108O6. The van der Waals surface area contributed by atoms with E-state index >= 15 is 0 Å². The van der Waals surface area contributed by atoms with Gasteiger partial charge in [-0.1, -0.05) is 253 Å². The number of ether oxygens (including phenoxy) is 3. The first kappa shape index (κ1) is 66.3. The van der Waals surface area contributed by atoms with Crippen LogP contribution in [0.1, 0.15) is 271 Å². The largest absolute Gasteiger partial charge is 0.462 e. The van der Waals surface area contributed by atoms with Crippen molar-refractivity contribution in [2.75, 3.05) is 13.2 Å². The van der Waals surface area contributed by atoms with Gasteiger partial charge in [-0.25, -0.2) is 0 Å². The fourth-order valence-electron chi connectivity index (χ4n) is 7.95. The van der Waals surface area contributed by atoms with Gasteiger partial charge in [0.1, 0.15) is 13.2 Å². The zero-order chi connectivity index (χ0) is 50.7. The lowest BCUT2D eigenvalue weighted by atomic mass is 10.0. The maximum absolute atomic E-state index is 12.7. The van der Waals surface area contributed by atoms with E-state index < -0.39 is 6.10 Å². The van der Waals surface area contributed by atoms with E-state index in [1.165, 1.54) is 109 Å². The third-order valence-corrected chi connectivity index (χ3v) is 12.3. The van der Waals surface area contributed by atoms with Crippen LogP contribution >= 0.6 is 0 Å². The molecule has 6 heteroatoms. The van der Waals surface area contributed by atoms with Gasteiger partial charge in [-0.3, -0.25) is 14.4 Å². The van der Waals surface area contributed by atoms with E-state index in [9.17, 15) is 14.4 Å². The zero-order valence-electron chi connectivity index (χ0n) is 45.8. The summed E-state index contributed by atoms with van der Waals surface area (Å²) < 4.78 is 16.8. The van der Waals surface area contributed by atoms with Crippen molar-refractivity contribution in [3.63, 3.8) is 0 Å². The average molecular weight is 974 g/mol. The molecule has 6 nitrogen and oxygen atoms in total. The Kier molecular flexibility index (Phi) is 54.9. The molecule has 0 aliphatic heterocycles. The third-order valence-electron chi connectivity index (χ3n) is 12.3. The van der Waals surface area contributed by atoms with Crippen LogP contribution in [-0.4, -0.2) is 37.2 Å². The normalized spacial score (nSPS) is 12.8. The second-order valence-electron chi connectivity index (χ2n) is 19.2. The molecule has 0 saturated heterocycles. The van der Waals surface area contributed by atoms with Gasteiger partial charge in [0.05, 0.1) is 0 Å². The Bertz CT molecular complexity index is 1400. The molecular weight excluding hydrogens is 865 g/mol. The van der Waals surface area contributed by atoms with E-state index in [1.807, 2.05) is 0 Å². The highest BCUT2D eigenvalue weighted by Gasteiger charge is 2.19. The van der Waals surface area contributed by atoms with Gasteiger partial charge in [0.25, 0.3) is 0 Å². The quantitative estimate of drug-likeness (QED) is 0.0262. The van der Waals surface area contributed by atoms with Crippen LogP contribution in [0.15, 0.2) is 97.2 Å². The molecule has 1 atom stereocenters. The number of carbonyl (C=O) groups is 3. The van der Waals surface area contributed by atoms with Crippen molar-refractivity contribution in [2.24, 2.45) is 0 Å². The van der Waals surface area contributed by atoms with Gasteiger partial charge in [-0.05, 0) is 96.3 Å². The molecule has 0 radical (unpaired) electrons. The summed E-state index contributed by atoms with van der Waals surface area (Å²) in [4.78, 5) is 37.9. The smallest absolute Gasteiger partial charge is 0.306 e. The number of unbranched alkanes of at least 4 members (excludes halogenated alkanes) is 25. The molecule has 0 rings (SSSR count). The average Bonchev–Trinajstić information content (AvgIpc) is 3.36. The van der Waals surface area contributed by atoms with Crippen molar-refractivity contribution < 1.29 is 28.6 Å². The Labute approximate surface area is 432 Å². The fraction of sp³-hybridized carbons (Fsp3) is 0.703. The van der Waals surface area contributed by atoms with E-state index in [-0.39, 0.29) is 31.1 Å². The number of allylic oxidation sites excluding steroid dienone is 16. The van der Waals surface area contributed by atoms with Gasteiger partial charge in [-0.2, -0.15) is 0 Å². The maximum Gasteiger partial charge on any atom is 0.306 e. The summed E-state index contributed by atoms with van der Waals surface area (Å²) in [7, 11) is 0. The van der Waals surface area contributed by atoms with Crippen LogP contribution in [0.25, 0.3) is 0 Å². The molecule has 400 valence electrons. The highest BCUT2D eigenvalue weighted by atomic mass is 16.6. The van der Waals surface area contributed by atoms with Crippen molar-refractivity contribution in [3.05, 3.63) is 97.2 Å². The molecule has 0 N–H and O–H groups in total. The van der Waals surface area contributed by atoms with Crippen LogP contribution in [0.3, 0.4) is 0 Å². The Morgan fingerprint density at radius 3 is 0.943 bits per heavy atom. The van der Waals surface area contributed by atoms with E-state index in [2.05, 4.69) is 118 Å². The number of esters is 3. The molecule has 0 aliphatic carbocycles. The predicted molar refractivity (Wildman–Crippen MR) is 302 cm³/mol. The molecule has 0 bridgehead atoms. The monoisotopic (exact) mass is 973 g/mol. The second kappa shape index (κ2) is 57.9. The first-order valence-corrected chi connectivity index (χ1v) is 29.2. The van der Waals surface area contributed by atoms with Crippen LogP contribution in [0, 0.1) is 0 Å². The van der Waals surface area contributed by atoms with E-state index in [1.54, 1.807) is 0 Å². The van der Waals surface area contributed by atoms with Gasteiger partial charge >= 0.3 is 17.9 Å². The predicted octanol–water partition coefficient (Wildman–Crippen LogP) is 19.7. The Balaban J connectivity index is 4.07. The highest BCUT2D eigenvalue weighted by molar-refractivity contribution is 5.71. The number of carbonyl (C=O) groups excluding carboxylic acids is 3. The zero-order valence-corrected chi connectivity index (χ0v) is 45.8. The molecule has 0 aromatic rings. The maximum atomic E-state index is 12.7. The summed E-state index contributed by atoms with van der Waals surface area (Å²) in [6, 6.07) is 0. The van der Waals surface area contributed by atoms with Crippen LogP contribution in [0.4, 0.5) is 0 Å². The lowest BCUT2D eigenvalue weighted by Gasteiger charge is -2.18. The van der Waals surface area contributed by atoms with E-state index in [0.29, 0.717) is 19.3 Å². The third kappa shape index (κ3) is 55.3. The van der Waals surface area contributed by atoms with Crippen molar-refractivity contribution >= 4 is 17.9 Å². The molecule has 0 aromatic heterocycles. The molecule has 0 aliphatic rings. The first-order chi connectivity index (χ1) is 34.5. The lowest BCUT2D eigenvalue weighted by Crippen LogP contribution is -2.30. The fourth-order valence-corrected chi connectivity index (χ4v) is 7.95. The molecule has 0 amide bonds. The molecule has 0 spiro atoms. The van der Waals surface area contributed by atoms with Gasteiger partial charge in [0, 0.05) is 19.3 Å². The molecule has 0 heterocycles. The van der Waals surface area contributed by atoms with E-state index in [0.717, 1.165) is 122 Å². The standard InChI is InChI=1S/C64H108O6/c1-4-7-10-13-16-19-21-22-23-24-25-26-27-28-29-30-31-32-33-34-35-36-37-38-39-40-41-42-43-46-48-51-54-57-63(66)69-60-61(59-68-62(65)56-53-50-47-44-18-15-12-9-6-3)70-64(67)58-55-52-49-45-20-17-14-11-8-5-2/h7,10-11,14,16,19,22-23,25-26,28-29,31-32,34-35,61H,4-6,8-9,12-13,15,17-18,20-21,24,27,30,33,36-60H2,1-3H3/b10-7-,14-11-,19-16-,23-22-,26-25-,29-28-,32-31-,35-34-. The van der Waals surface area contributed by atoms with Crippen molar-refractivity contribution in [1.82, 2.24) is 0 Å². The summed E-state index contributed by atoms with van der Waals surface area (Å²) in [6.45, 7) is 6.43. The Morgan fingerprint density at radius 1 is 0.300 bits per heavy atom. The summed E-state index contributed by atoms with van der Waals surface area (Å²) in [5.74, 6) is -0.894. The Morgan fingerprint density at radius 2 is 0.586 bits per heavy atom. The first-order valence-electron chi connectivity index (χ1n) is 29.2. The van der Waals surface area contributed by atoms with Crippen LogP contribution in [0.2, 0.25) is 0 Å². The SMILES string of the molecule is CC/C=C\C/C=C\C/C=C\C/C=C\C/C=C\C/C=C\C/C=C\CCCCCCCCCCCCCC(=O)OCC(COC(=O)CCCCCCCCCCC)OC(=O)CCCCCCC/C=C\CCC. The van der Waals surface area contributed by atoms with Gasteiger partial charge in [0.2, 0.25) is 0 Å². The molecule has 0 aromatic carbocycles. The molecule has 0 fully saturated rings. The summed E-state index contributed by atoms with van der Waals surface area (Å²) in [5.41, 5.74) is 0. The van der Waals surface area contributed by atoms with Crippen molar-refractivity contribution in [3.8, 4) is 0 Å². The van der Waals surface area contributed by atoms with Gasteiger partial charge in [-0.15, -0.1) is 0 Å². The van der Waals surface area contributed by atoms with Crippen molar-refractivity contribution in [2.45, 2.75) is 277 Å². The van der Waals surface area contributed by atoms with Gasteiger partial charge < -0.3 is 14.2 Å². The molecule has 70 heavy (non-hydrogen) atoms. The van der Waals surface area contributed by atoms with Crippen LogP contribution in [0.5, 0.6) is 0 Å². The van der Waals surface area contributed by atoms with Crippen molar-refractivity contribution in [1.29, 1.82) is 0 Å². The summed E-state index contributed by atoms with van der Waals surface area (Å²) >= 11 is 0. The minimum atomic E-state index is -0.778. The number of hydrogen-bond donors (Lipinski definition) is 0.